The summed E-state index contributed by atoms with van der Waals surface area (Å²) in [5.41, 5.74) is 0.603. The van der Waals surface area contributed by atoms with Crippen LogP contribution >= 0.6 is 43.6 Å². The van der Waals surface area contributed by atoms with Crippen LogP contribution in [0.3, 0.4) is 0 Å². The van der Waals surface area contributed by atoms with Crippen LogP contribution in [0.15, 0.2) is 27.1 Å². The average molecular weight is 424 g/mol. The van der Waals surface area contributed by atoms with Gasteiger partial charge in [-0.1, -0.05) is 15.9 Å². The van der Waals surface area contributed by atoms with Crippen LogP contribution in [0.1, 0.15) is 0 Å². The highest BCUT2D eigenvalue weighted by Crippen LogP contribution is 2.27. The number of carboxylic acids is 1. The number of anilines is 1. The van der Waals surface area contributed by atoms with Crippen molar-refractivity contribution in [2.24, 2.45) is 0 Å². The zero-order valence-corrected chi connectivity index (χ0v) is 14.3. The molecule has 0 radical (unpaired) electrons. The van der Waals surface area contributed by atoms with E-state index in [1.807, 2.05) is 6.07 Å². The molecule has 1 heterocycles. The summed E-state index contributed by atoms with van der Waals surface area (Å²) in [6.07, 6.45) is 0. The largest absolute Gasteiger partial charge is 0.480 e. The van der Waals surface area contributed by atoms with Crippen LogP contribution in [0.5, 0.6) is 0 Å². The van der Waals surface area contributed by atoms with Crippen molar-refractivity contribution in [1.82, 2.24) is 4.90 Å². The molecular weight excluding hydrogens is 412 g/mol. The van der Waals surface area contributed by atoms with E-state index in [1.165, 1.54) is 4.90 Å². The fourth-order valence-electron chi connectivity index (χ4n) is 1.83. The lowest BCUT2D eigenvalue weighted by atomic mass is 10.3. The number of hydrogen-bond acceptors (Lipinski definition) is 3. The second kappa shape index (κ2) is 6.82. The molecule has 5 nitrogen and oxygen atoms in total. The molecule has 20 heavy (non-hydrogen) atoms. The summed E-state index contributed by atoms with van der Waals surface area (Å²) in [7, 11) is 0. The lowest BCUT2D eigenvalue weighted by molar-refractivity contribution is -0.141. The Kier molecular flexibility index (Phi) is 5.34. The van der Waals surface area contributed by atoms with Crippen molar-refractivity contribution in [1.29, 1.82) is 0 Å². The normalized spacial score (nSPS) is 18.7. The first-order chi connectivity index (χ1) is 9.49. The summed E-state index contributed by atoms with van der Waals surface area (Å²) in [5.74, 6) is 0.194. The van der Waals surface area contributed by atoms with Crippen molar-refractivity contribution in [2.45, 2.75) is 6.04 Å². The molecule has 1 atom stereocenters. The SMILES string of the molecule is O=C(O)C1CSCCN1C(=O)Nc1cc(Br)ccc1Br. The summed E-state index contributed by atoms with van der Waals surface area (Å²) in [6.45, 7) is 0.430. The van der Waals surface area contributed by atoms with Crippen molar-refractivity contribution in [3.8, 4) is 0 Å². The van der Waals surface area contributed by atoms with Crippen LogP contribution in [0, 0.1) is 0 Å². The van der Waals surface area contributed by atoms with Gasteiger partial charge in [0.25, 0.3) is 0 Å². The molecule has 0 spiro atoms. The van der Waals surface area contributed by atoms with Gasteiger partial charge in [0.15, 0.2) is 0 Å². The van der Waals surface area contributed by atoms with E-state index in [0.29, 0.717) is 18.0 Å². The van der Waals surface area contributed by atoms with Gasteiger partial charge in [0.1, 0.15) is 6.04 Å². The first-order valence-corrected chi connectivity index (χ1v) is 8.56. The third-order valence-electron chi connectivity index (χ3n) is 2.84. The molecule has 8 heteroatoms. The van der Waals surface area contributed by atoms with Gasteiger partial charge in [0, 0.05) is 27.0 Å². The van der Waals surface area contributed by atoms with Crippen molar-refractivity contribution >= 4 is 61.3 Å². The van der Waals surface area contributed by atoms with Crippen LogP contribution in [0.4, 0.5) is 10.5 Å². The molecule has 2 rings (SSSR count). The zero-order chi connectivity index (χ0) is 14.7. The zero-order valence-electron chi connectivity index (χ0n) is 10.3. The molecule has 1 fully saturated rings. The molecule has 108 valence electrons. The van der Waals surface area contributed by atoms with Gasteiger partial charge in [-0.3, -0.25) is 0 Å². The number of halogens is 2. The van der Waals surface area contributed by atoms with E-state index in [1.54, 1.807) is 23.9 Å². The average Bonchev–Trinajstić information content (AvgIpc) is 2.42. The van der Waals surface area contributed by atoms with E-state index in [4.69, 9.17) is 0 Å². The van der Waals surface area contributed by atoms with Gasteiger partial charge in [0.05, 0.1) is 5.69 Å². The van der Waals surface area contributed by atoms with Crippen molar-refractivity contribution in [2.75, 3.05) is 23.4 Å². The Hall–Kier alpha value is -0.730. The van der Waals surface area contributed by atoms with E-state index in [-0.39, 0.29) is 0 Å². The van der Waals surface area contributed by atoms with Gasteiger partial charge in [-0.2, -0.15) is 11.8 Å². The number of aliphatic carboxylic acids is 1. The molecule has 0 saturated carbocycles. The number of rotatable bonds is 2. The highest BCUT2D eigenvalue weighted by Gasteiger charge is 2.32. The van der Waals surface area contributed by atoms with E-state index in [0.717, 1.165) is 14.7 Å². The number of hydrogen-bond donors (Lipinski definition) is 2. The Bertz CT molecular complexity index is 541. The first kappa shape index (κ1) is 15.7. The lowest BCUT2D eigenvalue weighted by Gasteiger charge is -2.32. The summed E-state index contributed by atoms with van der Waals surface area (Å²) in [4.78, 5) is 24.8. The second-order valence-electron chi connectivity index (χ2n) is 4.18. The molecule has 0 bridgehead atoms. The van der Waals surface area contributed by atoms with Crippen molar-refractivity contribution in [3.63, 3.8) is 0 Å². The molecule has 0 aliphatic carbocycles. The maximum absolute atomic E-state index is 12.3. The summed E-state index contributed by atoms with van der Waals surface area (Å²) < 4.78 is 1.58. The van der Waals surface area contributed by atoms with E-state index >= 15 is 0 Å². The fourth-order valence-corrected chi connectivity index (χ4v) is 3.58. The minimum absolute atomic E-state index is 0.392. The van der Waals surface area contributed by atoms with Crippen LogP contribution in [-0.4, -0.2) is 46.1 Å². The molecule has 1 saturated heterocycles. The van der Waals surface area contributed by atoms with Gasteiger partial charge in [-0.05, 0) is 34.1 Å². The fraction of sp³-hybridized carbons (Fsp3) is 0.333. The predicted molar refractivity (Wildman–Crippen MR) is 86.3 cm³/mol. The number of thioether (sulfide) groups is 1. The van der Waals surface area contributed by atoms with Gasteiger partial charge in [-0.15, -0.1) is 0 Å². The number of carbonyl (C=O) groups is 2. The third kappa shape index (κ3) is 3.67. The minimum atomic E-state index is -0.972. The maximum Gasteiger partial charge on any atom is 0.327 e. The van der Waals surface area contributed by atoms with Crippen molar-refractivity contribution < 1.29 is 14.7 Å². The molecular formula is C12H12Br2N2O3S. The third-order valence-corrected chi connectivity index (χ3v) is 5.05. The monoisotopic (exact) mass is 422 g/mol. The van der Waals surface area contributed by atoms with E-state index in [2.05, 4.69) is 37.2 Å². The standard InChI is InChI=1S/C12H12Br2N2O3S/c13-7-1-2-8(14)9(5-7)15-12(19)16-3-4-20-6-10(16)11(17)18/h1-2,5,10H,3-4,6H2,(H,15,19)(H,17,18). The number of nitrogens with one attached hydrogen (secondary N) is 1. The minimum Gasteiger partial charge on any atom is -0.480 e. The first-order valence-electron chi connectivity index (χ1n) is 5.82. The van der Waals surface area contributed by atoms with Crippen LogP contribution in [0.2, 0.25) is 0 Å². The predicted octanol–water partition coefficient (Wildman–Crippen LogP) is 3.25. The molecule has 1 unspecified atom stereocenters. The Morgan fingerprint density at radius 3 is 2.85 bits per heavy atom. The molecule has 2 N–H and O–H groups in total. The number of nitrogens with zero attached hydrogens (tertiary/aromatic N) is 1. The number of benzene rings is 1. The lowest BCUT2D eigenvalue weighted by Crippen LogP contribution is -2.51. The summed E-state index contributed by atoms with van der Waals surface area (Å²) in [6, 6.07) is 4.24. The highest BCUT2D eigenvalue weighted by molar-refractivity contribution is 9.11. The van der Waals surface area contributed by atoms with Crippen molar-refractivity contribution in [3.05, 3.63) is 27.1 Å². The molecule has 1 aliphatic rings. The quantitative estimate of drug-likeness (QED) is 0.765. The highest BCUT2D eigenvalue weighted by atomic mass is 79.9. The molecule has 1 aromatic carbocycles. The van der Waals surface area contributed by atoms with Crippen LogP contribution in [0.25, 0.3) is 0 Å². The Morgan fingerprint density at radius 1 is 1.40 bits per heavy atom. The number of carboxylic acid groups (broad SMARTS) is 1. The Labute approximate surface area is 137 Å². The van der Waals surface area contributed by atoms with E-state index < -0.39 is 18.0 Å². The second-order valence-corrected chi connectivity index (χ2v) is 7.10. The molecule has 1 aromatic rings. The number of amides is 2. The van der Waals surface area contributed by atoms with Gasteiger partial charge in [0.2, 0.25) is 0 Å². The van der Waals surface area contributed by atoms with Crippen LogP contribution < -0.4 is 5.32 Å². The smallest absolute Gasteiger partial charge is 0.327 e. The number of carbonyl (C=O) groups excluding carboxylic acids is 1. The van der Waals surface area contributed by atoms with Crippen LogP contribution in [-0.2, 0) is 4.79 Å². The maximum atomic E-state index is 12.3. The van der Waals surface area contributed by atoms with Gasteiger partial charge >= 0.3 is 12.0 Å². The Balaban J connectivity index is 2.14. The summed E-state index contributed by atoms with van der Waals surface area (Å²) >= 11 is 8.23. The van der Waals surface area contributed by atoms with Gasteiger partial charge in [-0.25, -0.2) is 9.59 Å². The molecule has 1 aliphatic heterocycles. The van der Waals surface area contributed by atoms with Gasteiger partial charge < -0.3 is 15.3 Å². The molecule has 0 aromatic heterocycles. The number of urea groups is 1. The summed E-state index contributed by atoms with van der Waals surface area (Å²) in [5, 5.41) is 11.9. The molecule has 2 amide bonds. The Morgan fingerprint density at radius 2 is 2.15 bits per heavy atom. The topological polar surface area (TPSA) is 69.6 Å². The van der Waals surface area contributed by atoms with E-state index in [9.17, 15) is 14.7 Å².